The predicted octanol–water partition coefficient (Wildman–Crippen LogP) is 6.13. The van der Waals surface area contributed by atoms with Gasteiger partial charge in [-0.15, -0.1) is 0 Å². The highest BCUT2D eigenvalue weighted by molar-refractivity contribution is 9.10. The number of benzene rings is 4. The number of carbonyl (C=O) groups is 2. The molecular weight excluding hydrogens is 654 g/mol. The number of halogens is 1. The van der Waals surface area contributed by atoms with Crippen molar-refractivity contribution < 1.29 is 22.7 Å². The third-order valence-corrected chi connectivity index (χ3v) is 9.49. The second-order valence-electron chi connectivity index (χ2n) is 10.5. The van der Waals surface area contributed by atoms with Gasteiger partial charge in [0.25, 0.3) is 10.0 Å². The Bertz CT molecular complexity index is 1680. The van der Waals surface area contributed by atoms with Crippen molar-refractivity contribution in [1.82, 2.24) is 10.2 Å². The van der Waals surface area contributed by atoms with Crippen molar-refractivity contribution in [1.29, 1.82) is 0 Å². The molecule has 4 aromatic carbocycles. The van der Waals surface area contributed by atoms with Crippen molar-refractivity contribution in [2.45, 2.75) is 44.7 Å². The van der Waals surface area contributed by atoms with Crippen molar-refractivity contribution in [3.05, 3.63) is 124 Å². The van der Waals surface area contributed by atoms with Crippen LogP contribution in [0.2, 0.25) is 0 Å². The average molecular weight is 693 g/mol. The molecular formula is C35H38BrN3O5S. The molecule has 1 N–H and O–H groups in total. The summed E-state index contributed by atoms with van der Waals surface area (Å²) in [4.78, 5) is 29.6. The minimum atomic E-state index is -4.20. The van der Waals surface area contributed by atoms with E-state index in [9.17, 15) is 18.0 Å². The van der Waals surface area contributed by atoms with Gasteiger partial charge < -0.3 is 15.0 Å². The van der Waals surface area contributed by atoms with E-state index < -0.39 is 28.5 Å². The van der Waals surface area contributed by atoms with Crippen molar-refractivity contribution in [2.24, 2.45) is 0 Å². The molecule has 0 spiro atoms. The number of carbonyl (C=O) groups excluding carboxylic acids is 2. The van der Waals surface area contributed by atoms with Crippen LogP contribution >= 0.6 is 15.9 Å². The van der Waals surface area contributed by atoms with Crippen molar-refractivity contribution in [3.63, 3.8) is 0 Å². The number of rotatable bonds is 14. The van der Waals surface area contributed by atoms with E-state index in [0.717, 1.165) is 25.5 Å². The van der Waals surface area contributed by atoms with Gasteiger partial charge in [-0.1, -0.05) is 76.1 Å². The number of aryl methyl sites for hydroxylation is 1. The zero-order chi connectivity index (χ0) is 32.4. The van der Waals surface area contributed by atoms with Crippen LogP contribution in [0.1, 0.15) is 30.5 Å². The van der Waals surface area contributed by atoms with Gasteiger partial charge in [0.05, 0.1) is 17.2 Å². The van der Waals surface area contributed by atoms with Crippen LogP contribution in [0.15, 0.2) is 112 Å². The predicted molar refractivity (Wildman–Crippen MR) is 181 cm³/mol. The third kappa shape index (κ3) is 8.95. The largest absolute Gasteiger partial charge is 0.494 e. The lowest BCUT2D eigenvalue weighted by molar-refractivity contribution is -0.140. The zero-order valence-corrected chi connectivity index (χ0v) is 28.1. The molecule has 0 unspecified atom stereocenters. The number of amides is 2. The second-order valence-corrected chi connectivity index (χ2v) is 13.3. The van der Waals surface area contributed by atoms with Crippen LogP contribution < -0.4 is 14.4 Å². The number of anilines is 1. The summed E-state index contributed by atoms with van der Waals surface area (Å²) < 4.78 is 35.7. The van der Waals surface area contributed by atoms with Gasteiger partial charge in [0.2, 0.25) is 11.8 Å². The quantitative estimate of drug-likeness (QED) is 0.172. The first-order valence-corrected chi connectivity index (χ1v) is 17.0. The lowest BCUT2D eigenvalue weighted by Gasteiger charge is -2.34. The summed E-state index contributed by atoms with van der Waals surface area (Å²) >= 11 is 3.36. The Morgan fingerprint density at radius 1 is 0.867 bits per heavy atom. The number of hydrogen-bond acceptors (Lipinski definition) is 5. The Morgan fingerprint density at radius 2 is 1.53 bits per heavy atom. The van der Waals surface area contributed by atoms with E-state index in [1.165, 1.54) is 17.0 Å². The fraction of sp³-hybridized carbons (Fsp3) is 0.257. The molecule has 0 saturated carbocycles. The van der Waals surface area contributed by atoms with Crippen LogP contribution in [0.4, 0.5) is 5.69 Å². The van der Waals surface area contributed by atoms with Gasteiger partial charge in [-0.25, -0.2) is 8.42 Å². The zero-order valence-electron chi connectivity index (χ0n) is 25.6. The Morgan fingerprint density at radius 3 is 2.16 bits per heavy atom. The molecule has 0 aliphatic rings. The van der Waals surface area contributed by atoms with Crippen molar-refractivity contribution in [2.75, 3.05) is 24.0 Å². The maximum atomic E-state index is 14.5. The van der Waals surface area contributed by atoms with Crippen molar-refractivity contribution >= 4 is 43.5 Å². The highest BCUT2D eigenvalue weighted by Gasteiger charge is 2.34. The molecule has 45 heavy (non-hydrogen) atoms. The number of ether oxygens (including phenoxy) is 1. The van der Waals surface area contributed by atoms with Gasteiger partial charge in [0, 0.05) is 24.0 Å². The first-order valence-electron chi connectivity index (χ1n) is 14.8. The maximum absolute atomic E-state index is 14.5. The number of sulfonamides is 1. The van der Waals surface area contributed by atoms with Gasteiger partial charge in [0.15, 0.2) is 0 Å². The van der Waals surface area contributed by atoms with Crippen molar-refractivity contribution in [3.8, 4) is 5.75 Å². The first kappa shape index (κ1) is 33.7. The van der Waals surface area contributed by atoms with Gasteiger partial charge in [0.1, 0.15) is 18.3 Å². The molecule has 0 radical (unpaired) electrons. The SMILES string of the molecule is CCNC(=O)[C@@H](Cc1ccccc1)N(Cc1cccc(C)c1)C(=O)CN(c1ccc(OCC)cc1)S(=O)(=O)c1ccc(Br)cc1. The number of hydrogen-bond donors (Lipinski definition) is 1. The topological polar surface area (TPSA) is 96.0 Å². The summed E-state index contributed by atoms with van der Waals surface area (Å²) in [6, 6.07) is 29.1. The average Bonchev–Trinajstić information content (AvgIpc) is 3.03. The lowest BCUT2D eigenvalue weighted by atomic mass is 10.0. The second kappa shape index (κ2) is 15.7. The molecule has 0 aromatic heterocycles. The molecule has 0 fully saturated rings. The fourth-order valence-corrected chi connectivity index (χ4v) is 6.67. The van der Waals surface area contributed by atoms with Crippen LogP contribution in [-0.4, -0.2) is 50.9 Å². The molecule has 1 atom stereocenters. The monoisotopic (exact) mass is 691 g/mol. The summed E-state index contributed by atoms with van der Waals surface area (Å²) in [7, 11) is -4.20. The molecule has 2 amide bonds. The van der Waals surface area contributed by atoms with Crippen LogP contribution in [-0.2, 0) is 32.6 Å². The van der Waals surface area contributed by atoms with Crippen LogP contribution in [0.3, 0.4) is 0 Å². The van der Waals surface area contributed by atoms with E-state index >= 15 is 0 Å². The number of likely N-dealkylation sites (N-methyl/N-ethyl adjacent to an activating group) is 1. The number of nitrogens with zero attached hydrogens (tertiary/aromatic N) is 2. The Kier molecular flexibility index (Phi) is 11.8. The molecule has 0 aliphatic heterocycles. The minimum Gasteiger partial charge on any atom is -0.494 e. The van der Waals surface area contributed by atoms with Gasteiger partial charge >= 0.3 is 0 Å². The molecule has 4 rings (SSSR count). The Hall–Kier alpha value is -4.15. The number of nitrogens with one attached hydrogen (secondary N) is 1. The van der Waals surface area contributed by atoms with E-state index in [1.54, 1.807) is 36.4 Å². The highest BCUT2D eigenvalue weighted by Crippen LogP contribution is 2.28. The molecule has 0 heterocycles. The molecule has 236 valence electrons. The van der Waals surface area contributed by atoms with Crippen LogP contribution in [0.25, 0.3) is 0 Å². The lowest BCUT2D eigenvalue weighted by Crippen LogP contribution is -2.53. The van der Waals surface area contributed by atoms with E-state index in [0.29, 0.717) is 24.6 Å². The summed E-state index contributed by atoms with van der Waals surface area (Å²) in [5.41, 5.74) is 3.00. The molecule has 8 nitrogen and oxygen atoms in total. The molecule has 0 bridgehead atoms. The summed E-state index contributed by atoms with van der Waals surface area (Å²) in [6.45, 7) is 6.07. The van der Waals surface area contributed by atoms with Gasteiger partial charge in [-0.3, -0.25) is 13.9 Å². The molecule has 4 aromatic rings. The Labute approximate surface area is 274 Å². The smallest absolute Gasteiger partial charge is 0.264 e. The first-order chi connectivity index (χ1) is 21.6. The van der Waals surface area contributed by atoms with Gasteiger partial charge in [-0.05, 0) is 80.4 Å². The van der Waals surface area contributed by atoms with Gasteiger partial charge in [-0.2, -0.15) is 0 Å². The fourth-order valence-electron chi connectivity index (χ4n) is 4.99. The molecule has 10 heteroatoms. The standard InChI is InChI=1S/C35H38BrN3O5S/c1-4-37-35(41)33(23-27-11-7-6-8-12-27)38(24-28-13-9-10-26(3)22-28)34(40)25-39(30-16-18-31(19-17-30)44-5-2)45(42,43)32-20-14-29(36)15-21-32/h6-22,33H,4-5,23-25H2,1-3H3,(H,37,41)/t33-/m1/s1. The Balaban J connectivity index is 1.79. The molecule has 0 saturated heterocycles. The van der Waals surface area contributed by atoms with E-state index in [-0.39, 0.29) is 23.8 Å². The van der Waals surface area contributed by atoms with E-state index in [2.05, 4.69) is 21.2 Å². The summed E-state index contributed by atoms with van der Waals surface area (Å²) in [5, 5.41) is 2.88. The normalized spacial score (nSPS) is 11.8. The summed E-state index contributed by atoms with van der Waals surface area (Å²) in [6.07, 6.45) is 0.257. The maximum Gasteiger partial charge on any atom is 0.264 e. The van der Waals surface area contributed by atoms with E-state index in [4.69, 9.17) is 4.74 Å². The highest BCUT2D eigenvalue weighted by atomic mass is 79.9. The third-order valence-electron chi connectivity index (χ3n) is 7.17. The summed E-state index contributed by atoms with van der Waals surface area (Å²) in [5.74, 6) is -0.252. The van der Waals surface area contributed by atoms with Crippen LogP contribution in [0.5, 0.6) is 5.75 Å². The van der Waals surface area contributed by atoms with Crippen LogP contribution in [0, 0.1) is 6.92 Å². The molecule has 0 aliphatic carbocycles. The minimum absolute atomic E-state index is 0.0298. The van der Waals surface area contributed by atoms with E-state index in [1.807, 2.05) is 75.4 Å².